The third-order valence-corrected chi connectivity index (χ3v) is 4.97. The molecule has 0 spiro atoms. The van der Waals surface area contributed by atoms with Gasteiger partial charge < -0.3 is 14.6 Å². The van der Waals surface area contributed by atoms with E-state index in [1.54, 1.807) is 10.7 Å². The van der Waals surface area contributed by atoms with Crippen LogP contribution in [0.15, 0.2) is 54.6 Å². The van der Waals surface area contributed by atoms with Crippen LogP contribution in [-0.2, 0) is 16.1 Å². The highest BCUT2D eigenvalue weighted by atomic mass is 35.5. The number of benzene rings is 2. The molecule has 164 valence electrons. The maximum absolute atomic E-state index is 11.4. The van der Waals surface area contributed by atoms with Crippen molar-refractivity contribution in [2.45, 2.75) is 39.9 Å². The van der Waals surface area contributed by atoms with E-state index in [4.69, 9.17) is 21.1 Å². The third-order valence-electron chi connectivity index (χ3n) is 4.65. The van der Waals surface area contributed by atoms with E-state index in [1.165, 1.54) is 13.8 Å². The Morgan fingerprint density at radius 2 is 1.90 bits per heavy atom. The van der Waals surface area contributed by atoms with Crippen molar-refractivity contribution in [3.05, 3.63) is 65.3 Å². The summed E-state index contributed by atoms with van der Waals surface area (Å²) < 4.78 is 13.2. The molecule has 0 fully saturated rings. The van der Waals surface area contributed by atoms with Gasteiger partial charge in [-0.15, -0.1) is 0 Å². The molecule has 1 heterocycles. The molecule has 0 saturated heterocycles. The molecule has 0 unspecified atom stereocenters. The Kier molecular flexibility index (Phi) is 7.03. The van der Waals surface area contributed by atoms with E-state index < -0.39 is 11.6 Å². The minimum atomic E-state index is -1.32. The number of rotatable bonds is 9. The standard InChI is InChI=1S/C24H27ClN2O4/c1-16(2)14-30-19-9-7-8-17(12-19)22-13-18(15-31-24(3,4)23(28)29)26-27(22)21-11-6-5-10-20(21)25/h5-13,16H,14-15H2,1-4H3,(H,28,29). The molecule has 0 saturated carbocycles. The Morgan fingerprint density at radius 3 is 2.58 bits per heavy atom. The first kappa shape index (κ1) is 22.8. The van der Waals surface area contributed by atoms with Crippen LogP contribution in [0.4, 0.5) is 0 Å². The maximum Gasteiger partial charge on any atom is 0.335 e. The smallest absolute Gasteiger partial charge is 0.335 e. The lowest BCUT2D eigenvalue weighted by atomic mass is 10.1. The molecule has 2 aromatic carbocycles. The van der Waals surface area contributed by atoms with Crippen LogP contribution in [0.1, 0.15) is 33.4 Å². The number of hydrogen-bond acceptors (Lipinski definition) is 4. The van der Waals surface area contributed by atoms with E-state index in [0.29, 0.717) is 23.2 Å². The first-order valence-electron chi connectivity index (χ1n) is 10.1. The maximum atomic E-state index is 11.4. The first-order chi connectivity index (χ1) is 14.7. The van der Waals surface area contributed by atoms with Crippen molar-refractivity contribution in [2.24, 2.45) is 5.92 Å². The highest BCUT2D eigenvalue weighted by molar-refractivity contribution is 6.32. The van der Waals surface area contributed by atoms with Crippen molar-refractivity contribution < 1.29 is 19.4 Å². The number of carbonyl (C=O) groups is 1. The van der Waals surface area contributed by atoms with E-state index in [2.05, 4.69) is 18.9 Å². The molecule has 0 aliphatic rings. The molecule has 3 aromatic rings. The van der Waals surface area contributed by atoms with Crippen molar-refractivity contribution >= 4 is 17.6 Å². The van der Waals surface area contributed by atoms with Crippen LogP contribution in [0.3, 0.4) is 0 Å². The van der Waals surface area contributed by atoms with Crippen molar-refractivity contribution in [1.29, 1.82) is 0 Å². The Labute approximate surface area is 187 Å². The molecule has 0 bridgehead atoms. The fraction of sp³-hybridized carbons (Fsp3) is 0.333. The normalized spacial score (nSPS) is 11.7. The second-order valence-corrected chi connectivity index (χ2v) is 8.63. The summed E-state index contributed by atoms with van der Waals surface area (Å²) in [6.07, 6.45) is 0. The van der Waals surface area contributed by atoms with Gasteiger partial charge in [-0.05, 0) is 50.1 Å². The summed E-state index contributed by atoms with van der Waals surface area (Å²) in [7, 11) is 0. The number of carboxylic acid groups (broad SMARTS) is 1. The number of para-hydroxylation sites is 1. The molecule has 0 aliphatic carbocycles. The van der Waals surface area contributed by atoms with Crippen LogP contribution in [0.2, 0.25) is 5.02 Å². The largest absolute Gasteiger partial charge is 0.493 e. The quantitative estimate of drug-likeness (QED) is 0.466. The molecule has 7 heteroatoms. The summed E-state index contributed by atoms with van der Waals surface area (Å²) in [5, 5.41) is 14.5. The number of carboxylic acids is 1. The van der Waals surface area contributed by atoms with Crippen LogP contribution in [0, 0.1) is 5.92 Å². The van der Waals surface area contributed by atoms with Crippen molar-refractivity contribution in [2.75, 3.05) is 6.61 Å². The van der Waals surface area contributed by atoms with Gasteiger partial charge in [-0.2, -0.15) is 5.10 Å². The summed E-state index contributed by atoms with van der Waals surface area (Å²) in [5.74, 6) is 0.148. The van der Waals surface area contributed by atoms with Gasteiger partial charge in [0.05, 0.1) is 35.3 Å². The van der Waals surface area contributed by atoms with Gasteiger partial charge in [0.2, 0.25) is 0 Å². The van der Waals surface area contributed by atoms with Crippen LogP contribution in [0.5, 0.6) is 5.75 Å². The first-order valence-corrected chi connectivity index (χ1v) is 10.5. The number of aromatic nitrogens is 2. The average Bonchev–Trinajstić information content (AvgIpc) is 3.15. The molecule has 31 heavy (non-hydrogen) atoms. The van der Waals surface area contributed by atoms with Gasteiger partial charge in [0.1, 0.15) is 5.75 Å². The van der Waals surface area contributed by atoms with Crippen LogP contribution < -0.4 is 4.74 Å². The lowest BCUT2D eigenvalue weighted by molar-refractivity contribution is -0.162. The second-order valence-electron chi connectivity index (χ2n) is 8.22. The molecule has 0 atom stereocenters. The van der Waals surface area contributed by atoms with E-state index in [9.17, 15) is 9.90 Å². The Hall–Kier alpha value is -2.83. The zero-order chi connectivity index (χ0) is 22.6. The summed E-state index contributed by atoms with van der Waals surface area (Å²) in [4.78, 5) is 11.4. The van der Waals surface area contributed by atoms with Gasteiger partial charge in [-0.3, -0.25) is 0 Å². The summed E-state index contributed by atoms with van der Waals surface area (Å²) in [6.45, 7) is 7.89. The van der Waals surface area contributed by atoms with Gasteiger partial charge in [0.25, 0.3) is 0 Å². The Balaban J connectivity index is 2.00. The lowest BCUT2D eigenvalue weighted by Crippen LogP contribution is -2.34. The fourth-order valence-electron chi connectivity index (χ4n) is 2.84. The predicted molar refractivity (Wildman–Crippen MR) is 121 cm³/mol. The van der Waals surface area contributed by atoms with E-state index in [1.807, 2.05) is 48.5 Å². The topological polar surface area (TPSA) is 73.6 Å². The van der Waals surface area contributed by atoms with Crippen LogP contribution in [-0.4, -0.2) is 33.1 Å². The molecular weight excluding hydrogens is 416 g/mol. The highest BCUT2D eigenvalue weighted by Crippen LogP contribution is 2.30. The number of aliphatic carboxylic acids is 1. The summed E-state index contributed by atoms with van der Waals surface area (Å²) in [5.41, 5.74) is 1.69. The van der Waals surface area contributed by atoms with Gasteiger partial charge >= 0.3 is 5.97 Å². The minimum absolute atomic E-state index is 0.0489. The predicted octanol–water partition coefficient (Wildman–Crippen LogP) is 5.61. The second kappa shape index (κ2) is 9.54. The summed E-state index contributed by atoms with van der Waals surface area (Å²) in [6, 6.07) is 17.1. The Bertz CT molecular complexity index is 1060. The number of hydrogen-bond donors (Lipinski definition) is 1. The molecule has 6 nitrogen and oxygen atoms in total. The molecule has 0 aliphatic heterocycles. The van der Waals surface area contributed by atoms with Gasteiger partial charge in [0, 0.05) is 5.56 Å². The van der Waals surface area contributed by atoms with E-state index in [0.717, 1.165) is 22.7 Å². The number of halogens is 1. The zero-order valence-electron chi connectivity index (χ0n) is 18.1. The van der Waals surface area contributed by atoms with E-state index >= 15 is 0 Å². The fourth-order valence-corrected chi connectivity index (χ4v) is 3.05. The number of ether oxygens (including phenoxy) is 2. The highest BCUT2D eigenvalue weighted by Gasteiger charge is 2.28. The molecule has 3 rings (SSSR count). The Morgan fingerprint density at radius 1 is 1.16 bits per heavy atom. The van der Waals surface area contributed by atoms with Crippen LogP contribution in [0.25, 0.3) is 16.9 Å². The monoisotopic (exact) mass is 442 g/mol. The third kappa shape index (κ3) is 5.66. The average molecular weight is 443 g/mol. The SMILES string of the molecule is CC(C)COc1cccc(-c2cc(COC(C)(C)C(=O)O)nn2-c2ccccc2Cl)c1. The van der Waals surface area contributed by atoms with Crippen LogP contribution >= 0.6 is 11.6 Å². The van der Waals surface area contributed by atoms with Gasteiger partial charge in [-0.25, -0.2) is 9.48 Å². The molecule has 1 aromatic heterocycles. The van der Waals surface area contributed by atoms with Gasteiger partial charge in [0.15, 0.2) is 5.60 Å². The molecule has 1 N–H and O–H groups in total. The lowest BCUT2D eigenvalue weighted by Gasteiger charge is -2.19. The summed E-state index contributed by atoms with van der Waals surface area (Å²) >= 11 is 6.44. The molecule has 0 amide bonds. The van der Waals surface area contributed by atoms with Crippen molar-refractivity contribution in [3.8, 4) is 22.7 Å². The molecular formula is C24H27ClN2O4. The zero-order valence-corrected chi connectivity index (χ0v) is 18.9. The van der Waals surface area contributed by atoms with Crippen molar-refractivity contribution in [3.63, 3.8) is 0 Å². The molecule has 0 radical (unpaired) electrons. The minimum Gasteiger partial charge on any atom is -0.493 e. The van der Waals surface area contributed by atoms with E-state index in [-0.39, 0.29) is 6.61 Å². The van der Waals surface area contributed by atoms with Crippen molar-refractivity contribution in [1.82, 2.24) is 9.78 Å². The number of nitrogens with zero attached hydrogens (tertiary/aromatic N) is 2. The van der Waals surface area contributed by atoms with Gasteiger partial charge in [-0.1, -0.05) is 49.7 Å².